The lowest BCUT2D eigenvalue weighted by molar-refractivity contribution is -0.116. The SMILES string of the molecule is C[C@@H](O)C(CO)OC(Sc1cc(Cl)ccc1C(=O)N(C)C)[C@H](Cn1cc(-c2cc(F)c(F)c(F)c2)nn1)OCc1cscn1. The molecule has 4 rings (SSSR count). The van der Waals surface area contributed by atoms with Gasteiger partial charge in [-0.25, -0.2) is 22.8 Å². The molecule has 16 heteroatoms. The Balaban J connectivity index is 1.72. The van der Waals surface area contributed by atoms with Crippen LogP contribution in [0.5, 0.6) is 0 Å². The van der Waals surface area contributed by atoms with E-state index in [-0.39, 0.29) is 30.3 Å². The highest BCUT2D eigenvalue weighted by molar-refractivity contribution is 8.00. The summed E-state index contributed by atoms with van der Waals surface area (Å²) in [4.78, 5) is 19.1. The molecule has 0 radical (unpaired) electrons. The van der Waals surface area contributed by atoms with Crippen LogP contribution >= 0.6 is 34.7 Å². The minimum Gasteiger partial charge on any atom is -0.394 e. The van der Waals surface area contributed by atoms with Gasteiger partial charge >= 0.3 is 0 Å². The summed E-state index contributed by atoms with van der Waals surface area (Å²) in [7, 11) is 3.21. The van der Waals surface area contributed by atoms with Gasteiger partial charge in [-0.2, -0.15) is 0 Å². The average molecular weight is 672 g/mol. The molecule has 0 fully saturated rings. The monoisotopic (exact) mass is 671 g/mol. The van der Waals surface area contributed by atoms with E-state index in [2.05, 4.69) is 15.3 Å². The zero-order chi connectivity index (χ0) is 32.0. The molecule has 0 aliphatic rings. The third-order valence-corrected chi connectivity index (χ3v) is 8.38. The fourth-order valence-electron chi connectivity index (χ4n) is 3.94. The Bertz CT molecular complexity index is 1540. The van der Waals surface area contributed by atoms with Gasteiger partial charge in [0.15, 0.2) is 17.5 Å². The van der Waals surface area contributed by atoms with Crippen LogP contribution in [0.2, 0.25) is 5.02 Å². The number of aliphatic hydroxyl groups excluding tert-OH is 2. The fraction of sp³-hybridized carbons (Fsp3) is 0.357. The predicted octanol–water partition coefficient (Wildman–Crippen LogP) is 4.64. The molecule has 2 aromatic heterocycles. The number of ether oxygens (including phenoxy) is 2. The van der Waals surface area contributed by atoms with Crippen LogP contribution in [0.25, 0.3) is 11.3 Å². The molecule has 2 N–H and O–H groups in total. The maximum Gasteiger partial charge on any atom is 0.254 e. The van der Waals surface area contributed by atoms with Crippen LogP contribution in [-0.2, 0) is 22.6 Å². The molecule has 10 nitrogen and oxygen atoms in total. The molecule has 2 heterocycles. The number of hydrogen-bond acceptors (Lipinski definition) is 10. The lowest BCUT2D eigenvalue weighted by Gasteiger charge is -2.31. The number of amides is 1. The number of halogens is 4. The smallest absolute Gasteiger partial charge is 0.254 e. The third kappa shape index (κ3) is 8.56. The van der Waals surface area contributed by atoms with Crippen LogP contribution in [0.4, 0.5) is 13.2 Å². The molecular weight excluding hydrogens is 643 g/mol. The molecule has 44 heavy (non-hydrogen) atoms. The molecule has 0 aliphatic heterocycles. The maximum absolute atomic E-state index is 13.9. The van der Waals surface area contributed by atoms with Crippen LogP contribution in [-0.4, -0.2) is 85.4 Å². The van der Waals surface area contributed by atoms with E-state index in [0.29, 0.717) is 21.2 Å². The van der Waals surface area contributed by atoms with Gasteiger partial charge < -0.3 is 24.6 Å². The summed E-state index contributed by atoms with van der Waals surface area (Å²) in [6, 6.07) is 6.37. The van der Waals surface area contributed by atoms with E-state index in [1.165, 1.54) is 34.0 Å². The normalized spacial score (nSPS) is 14.3. The van der Waals surface area contributed by atoms with Gasteiger partial charge in [0.05, 0.1) is 48.8 Å². The number of thiazole rings is 1. The highest BCUT2D eigenvalue weighted by atomic mass is 35.5. The first-order valence-corrected chi connectivity index (χ1v) is 15.3. The van der Waals surface area contributed by atoms with E-state index < -0.39 is 47.8 Å². The first-order chi connectivity index (χ1) is 21.0. The predicted molar refractivity (Wildman–Crippen MR) is 159 cm³/mol. The number of aliphatic hydroxyl groups is 2. The van der Waals surface area contributed by atoms with Gasteiger partial charge in [0.1, 0.15) is 23.3 Å². The zero-order valence-corrected chi connectivity index (χ0v) is 26.1. The van der Waals surface area contributed by atoms with Crippen LogP contribution in [0.15, 0.2) is 52.3 Å². The van der Waals surface area contributed by atoms with Crippen molar-refractivity contribution >= 4 is 40.6 Å². The molecule has 2 unspecified atom stereocenters. The van der Waals surface area contributed by atoms with Crippen molar-refractivity contribution in [2.75, 3.05) is 20.7 Å². The van der Waals surface area contributed by atoms with Gasteiger partial charge in [-0.3, -0.25) is 4.79 Å². The van der Waals surface area contributed by atoms with Crippen molar-refractivity contribution in [3.05, 3.63) is 81.2 Å². The van der Waals surface area contributed by atoms with Gasteiger partial charge in [-0.05, 0) is 37.3 Å². The van der Waals surface area contributed by atoms with Gasteiger partial charge in [0.25, 0.3) is 5.91 Å². The van der Waals surface area contributed by atoms with E-state index in [0.717, 1.165) is 23.9 Å². The molecule has 0 saturated carbocycles. The molecule has 1 amide bonds. The number of hydrogen-bond donors (Lipinski definition) is 2. The number of carbonyl (C=O) groups excluding carboxylic acids is 1. The molecular formula is C28H29ClF3N5O5S2. The molecule has 0 bridgehead atoms. The summed E-state index contributed by atoms with van der Waals surface area (Å²) in [5.41, 5.74) is 1.65. The van der Waals surface area contributed by atoms with E-state index in [9.17, 15) is 28.2 Å². The van der Waals surface area contributed by atoms with Gasteiger partial charge in [0, 0.05) is 35.0 Å². The van der Waals surface area contributed by atoms with E-state index in [4.69, 9.17) is 21.1 Å². The molecule has 4 aromatic rings. The first kappa shape index (κ1) is 33.8. The highest BCUT2D eigenvalue weighted by Crippen LogP contribution is 2.35. The minimum absolute atomic E-state index is 0.0324. The Hall–Kier alpha value is -3.05. The molecule has 0 spiro atoms. The maximum atomic E-state index is 13.9. The van der Waals surface area contributed by atoms with Gasteiger partial charge in [-0.15, -0.1) is 16.4 Å². The Morgan fingerprint density at radius 3 is 2.52 bits per heavy atom. The number of aromatic nitrogens is 4. The average Bonchev–Trinajstić information content (AvgIpc) is 3.68. The summed E-state index contributed by atoms with van der Waals surface area (Å²) >= 11 is 8.76. The van der Waals surface area contributed by atoms with E-state index in [1.54, 1.807) is 43.2 Å². The Kier molecular flexibility index (Phi) is 11.8. The number of rotatable bonds is 14. The van der Waals surface area contributed by atoms with Crippen LogP contribution in [0.1, 0.15) is 23.0 Å². The van der Waals surface area contributed by atoms with Crippen molar-refractivity contribution in [1.82, 2.24) is 24.9 Å². The van der Waals surface area contributed by atoms with E-state index >= 15 is 0 Å². The van der Waals surface area contributed by atoms with Crippen molar-refractivity contribution in [3.8, 4) is 11.3 Å². The lowest BCUT2D eigenvalue weighted by atomic mass is 10.1. The second-order valence-electron chi connectivity index (χ2n) is 9.83. The Morgan fingerprint density at radius 1 is 1.18 bits per heavy atom. The quantitative estimate of drug-likeness (QED) is 0.112. The summed E-state index contributed by atoms with van der Waals surface area (Å²) in [6.45, 7) is 0.930. The topological polar surface area (TPSA) is 123 Å². The highest BCUT2D eigenvalue weighted by Gasteiger charge is 2.32. The molecule has 236 valence electrons. The van der Waals surface area contributed by atoms with Crippen molar-refractivity contribution < 1.29 is 37.7 Å². The van der Waals surface area contributed by atoms with Crippen LogP contribution in [0, 0.1) is 17.5 Å². The van der Waals surface area contributed by atoms with Crippen molar-refractivity contribution in [1.29, 1.82) is 0 Å². The Labute approximate surface area is 264 Å². The zero-order valence-electron chi connectivity index (χ0n) is 23.7. The minimum atomic E-state index is -1.60. The fourth-order valence-corrected chi connectivity index (χ4v) is 5.96. The summed E-state index contributed by atoms with van der Waals surface area (Å²) in [6.07, 6.45) is -1.62. The number of carbonyl (C=O) groups is 1. The number of thioether (sulfide) groups is 1. The lowest BCUT2D eigenvalue weighted by Crippen LogP contribution is -2.40. The second kappa shape index (κ2) is 15.3. The summed E-state index contributed by atoms with van der Waals surface area (Å²) < 4.78 is 55.1. The van der Waals surface area contributed by atoms with E-state index in [1.807, 2.05) is 0 Å². The molecule has 0 saturated heterocycles. The third-order valence-electron chi connectivity index (χ3n) is 6.27. The largest absolute Gasteiger partial charge is 0.394 e. The summed E-state index contributed by atoms with van der Waals surface area (Å²) in [5.74, 6) is -4.64. The summed E-state index contributed by atoms with van der Waals surface area (Å²) in [5, 5.41) is 30.4. The standard InChI is InChI=1S/C28H29ClF3N5O5S2/c1-15(39)24(11-38)42-28(44-25-8-17(29)4-5-19(25)27(40)36(2)3)23(41-12-18-13-43-14-33-18)10-37-9-22(34-35-37)16-6-20(30)26(32)21(31)7-16/h4-9,13-15,23-24,28,38-39H,10-12H2,1-3H3/t15-,23+,24?,28?/m1/s1. The van der Waals surface area contributed by atoms with Crippen molar-refractivity contribution in [3.63, 3.8) is 0 Å². The van der Waals surface area contributed by atoms with Gasteiger partial charge in [0.2, 0.25) is 0 Å². The number of nitrogens with zero attached hydrogens (tertiary/aromatic N) is 5. The first-order valence-electron chi connectivity index (χ1n) is 13.1. The number of benzene rings is 2. The van der Waals surface area contributed by atoms with Gasteiger partial charge in [-0.1, -0.05) is 28.6 Å². The molecule has 4 atom stereocenters. The second-order valence-corrected chi connectivity index (χ2v) is 12.1. The van der Waals surface area contributed by atoms with Crippen molar-refractivity contribution in [2.45, 2.75) is 48.7 Å². The molecule has 0 aliphatic carbocycles. The van der Waals surface area contributed by atoms with Crippen LogP contribution < -0.4 is 0 Å². The molecule has 2 aromatic carbocycles. The Morgan fingerprint density at radius 2 is 1.91 bits per heavy atom. The van der Waals surface area contributed by atoms with Crippen LogP contribution in [0.3, 0.4) is 0 Å². The van der Waals surface area contributed by atoms with Crippen molar-refractivity contribution in [2.24, 2.45) is 0 Å².